The number of hydrogen-bond acceptors (Lipinski definition) is 7. The normalized spacial score (nSPS) is 11.9. The number of carbonyl (C=O) groups excluding carboxylic acids is 1. The van der Waals surface area contributed by atoms with Gasteiger partial charge in [0.1, 0.15) is 17.5 Å². The zero-order valence-corrected chi connectivity index (χ0v) is 16.5. The molecule has 0 aliphatic carbocycles. The molecule has 2 heterocycles. The number of H-pyrrole nitrogens is 1. The van der Waals surface area contributed by atoms with Crippen molar-refractivity contribution in [2.45, 2.75) is 31.7 Å². The Labute approximate surface area is 176 Å². The highest BCUT2D eigenvalue weighted by Gasteiger charge is 2.21. The largest absolute Gasteiger partial charge is 0.481 e. The number of aromatic nitrogens is 3. The maximum absolute atomic E-state index is 12.3. The summed E-state index contributed by atoms with van der Waals surface area (Å²) in [6.07, 6.45) is 2.57. The summed E-state index contributed by atoms with van der Waals surface area (Å²) in [6.45, 7) is 0. The number of anilines is 2. The molecule has 2 aromatic heterocycles. The van der Waals surface area contributed by atoms with Crippen molar-refractivity contribution in [2.24, 2.45) is 0 Å². The molecule has 8 N–H and O–H groups in total. The summed E-state index contributed by atoms with van der Waals surface area (Å²) in [4.78, 5) is 45.3. The van der Waals surface area contributed by atoms with Crippen molar-refractivity contribution in [3.8, 4) is 0 Å². The van der Waals surface area contributed by atoms with E-state index in [1.165, 1.54) is 0 Å². The van der Waals surface area contributed by atoms with Crippen LogP contribution in [0, 0.1) is 0 Å². The Kier molecular flexibility index (Phi) is 6.34. The van der Waals surface area contributed by atoms with Crippen molar-refractivity contribution < 1.29 is 24.6 Å². The first-order valence-corrected chi connectivity index (χ1v) is 9.48. The van der Waals surface area contributed by atoms with Crippen LogP contribution in [0.5, 0.6) is 0 Å². The maximum atomic E-state index is 12.3. The van der Waals surface area contributed by atoms with Gasteiger partial charge in [0, 0.05) is 18.2 Å². The predicted octanol–water partition coefficient (Wildman–Crippen LogP) is 0.955. The number of rotatable bonds is 9. The van der Waals surface area contributed by atoms with Gasteiger partial charge in [-0.2, -0.15) is 9.97 Å². The topological polar surface area (TPSA) is 197 Å². The van der Waals surface area contributed by atoms with E-state index in [0.717, 1.165) is 16.5 Å². The van der Waals surface area contributed by atoms with Gasteiger partial charge < -0.3 is 32.0 Å². The van der Waals surface area contributed by atoms with Gasteiger partial charge in [0.25, 0.3) is 5.91 Å². The van der Waals surface area contributed by atoms with Crippen LogP contribution in [0.15, 0.2) is 30.5 Å². The number of carboxylic acid groups (broad SMARTS) is 2. The number of hydrogen-bond donors (Lipinski definition) is 6. The van der Waals surface area contributed by atoms with Crippen molar-refractivity contribution >= 4 is 40.6 Å². The molecule has 11 heteroatoms. The summed E-state index contributed by atoms with van der Waals surface area (Å²) in [5.41, 5.74) is 14.3. The number of aromatic amines is 1. The van der Waals surface area contributed by atoms with E-state index in [-0.39, 0.29) is 24.4 Å². The van der Waals surface area contributed by atoms with E-state index in [4.69, 9.17) is 21.7 Å². The highest BCUT2D eigenvalue weighted by molar-refractivity contribution is 5.96. The molecule has 1 atom stereocenters. The molecule has 0 aliphatic heterocycles. The monoisotopic (exact) mass is 426 g/mol. The SMILES string of the molecule is Nc1nc(N)c2c(CCc3ccc(C(=O)NC(CCC(=O)O)C(=O)O)cc3)c[nH]c2n1. The third-order valence-electron chi connectivity index (χ3n) is 4.81. The number of fused-ring (bicyclic) bond motifs is 1. The van der Waals surface area contributed by atoms with Gasteiger partial charge in [0.05, 0.1) is 5.39 Å². The molecular formula is C20H22N6O5. The summed E-state index contributed by atoms with van der Waals surface area (Å²) < 4.78 is 0. The number of aryl methyl sites for hydroxylation is 2. The molecule has 11 nitrogen and oxygen atoms in total. The molecule has 0 radical (unpaired) electrons. The van der Waals surface area contributed by atoms with Crippen LogP contribution in [0.25, 0.3) is 11.0 Å². The molecule has 1 amide bonds. The highest BCUT2D eigenvalue weighted by atomic mass is 16.4. The summed E-state index contributed by atoms with van der Waals surface area (Å²) in [6, 6.07) is 5.46. The van der Waals surface area contributed by atoms with E-state index in [1.54, 1.807) is 30.5 Å². The number of benzene rings is 1. The quantitative estimate of drug-likeness (QED) is 0.288. The lowest BCUT2D eigenvalue weighted by Gasteiger charge is -2.13. The summed E-state index contributed by atoms with van der Waals surface area (Å²) in [5, 5.41) is 20.9. The lowest BCUT2D eigenvalue weighted by Crippen LogP contribution is -2.41. The molecule has 1 aromatic carbocycles. The van der Waals surface area contributed by atoms with Gasteiger partial charge in [-0.1, -0.05) is 12.1 Å². The summed E-state index contributed by atoms with van der Waals surface area (Å²) in [7, 11) is 0. The molecule has 0 bridgehead atoms. The van der Waals surface area contributed by atoms with E-state index in [1.807, 2.05) is 0 Å². The molecule has 3 aromatic rings. The molecule has 162 valence electrons. The van der Waals surface area contributed by atoms with Crippen molar-refractivity contribution in [2.75, 3.05) is 11.5 Å². The molecular weight excluding hydrogens is 404 g/mol. The number of carbonyl (C=O) groups is 3. The molecule has 0 saturated carbocycles. The van der Waals surface area contributed by atoms with E-state index in [0.29, 0.717) is 24.3 Å². The first-order chi connectivity index (χ1) is 14.7. The van der Waals surface area contributed by atoms with E-state index >= 15 is 0 Å². The second-order valence-electron chi connectivity index (χ2n) is 7.00. The molecule has 0 aliphatic rings. The standard InChI is InChI=1S/C20H22N6O5/c21-16-15-12(9-23-17(15)26-20(22)25-16)6-3-10-1-4-11(5-2-10)18(29)24-13(19(30)31)7-8-14(27)28/h1-2,4-5,9,13H,3,6-8H2,(H,24,29)(H,27,28)(H,30,31)(H5,21,22,23,25,26). The lowest BCUT2D eigenvalue weighted by molar-refractivity contribution is -0.140. The fraction of sp³-hybridized carbons (Fsp3) is 0.250. The average molecular weight is 426 g/mol. The summed E-state index contributed by atoms with van der Waals surface area (Å²) in [5.74, 6) is -2.59. The first-order valence-electron chi connectivity index (χ1n) is 9.48. The number of aliphatic carboxylic acids is 2. The average Bonchev–Trinajstić information content (AvgIpc) is 3.12. The van der Waals surface area contributed by atoms with Crippen LogP contribution in [0.1, 0.15) is 34.3 Å². The fourth-order valence-corrected chi connectivity index (χ4v) is 3.21. The first kappa shape index (κ1) is 21.6. The number of nitrogens with zero attached hydrogens (tertiary/aromatic N) is 2. The number of nitrogens with one attached hydrogen (secondary N) is 2. The van der Waals surface area contributed by atoms with Crippen LogP contribution in [0.3, 0.4) is 0 Å². The maximum Gasteiger partial charge on any atom is 0.326 e. The van der Waals surface area contributed by atoms with Crippen LogP contribution in [0.4, 0.5) is 11.8 Å². The number of nitrogens with two attached hydrogens (primary N) is 2. The second kappa shape index (κ2) is 9.11. The zero-order chi connectivity index (χ0) is 22.5. The van der Waals surface area contributed by atoms with E-state index < -0.39 is 23.9 Å². The molecule has 3 rings (SSSR count). The van der Waals surface area contributed by atoms with Gasteiger partial charge in [-0.15, -0.1) is 0 Å². The fourth-order valence-electron chi connectivity index (χ4n) is 3.21. The van der Waals surface area contributed by atoms with E-state index in [9.17, 15) is 14.4 Å². The minimum atomic E-state index is -1.28. The van der Waals surface area contributed by atoms with Crippen LogP contribution in [-0.2, 0) is 22.4 Å². The van der Waals surface area contributed by atoms with Crippen LogP contribution in [-0.4, -0.2) is 49.1 Å². The molecule has 0 spiro atoms. The lowest BCUT2D eigenvalue weighted by atomic mass is 10.0. The van der Waals surface area contributed by atoms with Crippen LogP contribution < -0.4 is 16.8 Å². The van der Waals surface area contributed by atoms with Gasteiger partial charge in [-0.3, -0.25) is 9.59 Å². The van der Waals surface area contributed by atoms with Gasteiger partial charge in [-0.25, -0.2) is 4.79 Å². The van der Waals surface area contributed by atoms with Gasteiger partial charge in [-0.05, 0) is 42.5 Å². The number of carboxylic acids is 2. The molecule has 0 saturated heterocycles. The highest BCUT2D eigenvalue weighted by Crippen LogP contribution is 2.24. The minimum Gasteiger partial charge on any atom is -0.481 e. The minimum absolute atomic E-state index is 0.0976. The van der Waals surface area contributed by atoms with Gasteiger partial charge in [0.15, 0.2) is 0 Å². The van der Waals surface area contributed by atoms with Gasteiger partial charge >= 0.3 is 11.9 Å². The molecule has 0 fully saturated rings. The Balaban J connectivity index is 1.63. The molecule has 1 unspecified atom stereocenters. The second-order valence-corrected chi connectivity index (χ2v) is 7.00. The number of amides is 1. The van der Waals surface area contributed by atoms with Gasteiger partial charge in [0.2, 0.25) is 5.95 Å². The van der Waals surface area contributed by atoms with E-state index in [2.05, 4.69) is 20.3 Å². The Hall–Kier alpha value is -4.15. The zero-order valence-electron chi connectivity index (χ0n) is 16.5. The Morgan fingerprint density at radius 1 is 1.06 bits per heavy atom. The Bertz CT molecular complexity index is 1130. The molecule has 31 heavy (non-hydrogen) atoms. The Morgan fingerprint density at radius 2 is 1.77 bits per heavy atom. The van der Waals surface area contributed by atoms with Crippen molar-refractivity contribution in [3.05, 3.63) is 47.2 Å². The third-order valence-corrected chi connectivity index (χ3v) is 4.81. The van der Waals surface area contributed by atoms with Crippen LogP contribution in [0.2, 0.25) is 0 Å². The van der Waals surface area contributed by atoms with Crippen molar-refractivity contribution in [3.63, 3.8) is 0 Å². The smallest absolute Gasteiger partial charge is 0.326 e. The number of nitrogen functional groups attached to an aromatic ring is 2. The van der Waals surface area contributed by atoms with Crippen molar-refractivity contribution in [1.82, 2.24) is 20.3 Å². The Morgan fingerprint density at radius 3 is 2.42 bits per heavy atom. The summed E-state index contributed by atoms with van der Waals surface area (Å²) >= 11 is 0. The predicted molar refractivity (Wildman–Crippen MR) is 112 cm³/mol. The van der Waals surface area contributed by atoms with Crippen molar-refractivity contribution in [1.29, 1.82) is 0 Å². The van der Waals surface area contributed by atoms with Crippen LogP contribution >= 0.6 is 0 Å². The third kappa shape index (κ3) is 5.26.